The van der Waals surface area contributed by atoms with Gasteiger partial charge in [0, 0.05) is 31.1 Å². The fourth-order valence-corrected chi connectivity index (χ4v) is 3.26. The number of nitrogens with one attached hydrogen (secondary N) is 1. The molecule has 2 aromatic carbocycles. The summed E-state index contributed by atoms with van der Waals surface area (Å²) in [6, 6.07) is 16.7. The van der Waals surface area contributed by atoms with Crippen LogP contribution in [0.25, 0.3) is 0 Å². The van der Waals surface area contributed by atoms with E-state index in [1.54, 1.807) is 12.1 Å². The third kappa shape index (κ3) is 3.21. The number of nitro benzene ring substituents is 1. The summed E-state index contributed by atoms with van der Waals surface area (Å²) < 4.78 is 0. The topological polar surface area (TPSA) is 82.2 Å². The van der Waals surface area contributed by atoms with Crippen LogP contribution < -0.4 is 5.32 Å². The molecule has 2 aromatic rings. The SMILES string of the molecule is CN1C[C@H](c2ccccc2)[C@H](Nc2ccc(C#N)cc2[N+](=O)[O-])C1. The van der Waals surface area contributed by atoms with Crippen LogP contribution in [0, 0.1) is 21.4 Å². The Kier molecular flexibility index (Phi) is 4.45. The summed E-state index contributed by atoms with van der Waals surface area (Å²) in [5, 5.41) is 23.6. The van der Waals surface area contributed by atoms with Crippen molar-refractivity contribution < 1.29 is 4.92 Å². The van der Waals surface area contributed by atoms with E-state index < -0.39 is 4.92 Å². The van der Waals surface area contributed by atoms with Crippen molar-refractivity contribution in [2.45, 2.75) is 12.0 Å². The van der Waals surface area contributed by atoms with Crippen LogP contribution in [0.3, 0.4) is 0 Å². The number of nitriles is 1. The second-order valence-electron chi connectivity index (χ2n) is 6.09. The van der Waals surface area contributed by atoms with Gasteiger partial charge in [0.1, 0.15) is 5.69 Å². The number of nitro groups is 1. The first-order valence-electron chi connectivity index (χ1n) is 7.77. The number of anilines is 1. The van der Waals surface area contributed by atoms with Crippen molar-refractivity contribution in [3.63, 3.8) is 0 Å². The summed E-state index contributed by atoms with van der Waals surface area (Å²) in [6.45, 7) is 1.70. The summed E-state index contributed by atoms with van der Waals surface area (Å²) in [7, 11) is 2.05. The van der Waals surface area contributed by atoms with E-state index in [2.05, 4.69) is 22.3 Å². The van der Waals surface area contributed by atoms with E-state index in [4.69, 9.17) is 5.26 Å². The maximum Gasteiger partial charge on any atom is 0.293 e. The minimum Gasteiger partial charge on any atom is -0.375 e. The van der Waals surface area contributed by atoms with Gasteiger partial charge in [-0.2, -0.15) is 5.26 Å². The predicted octanol–water partition coefficient (Wildman–Crippen LogP) is 2.98. The minimum absolute atomic E-state index is 0.0598. The monoisotopic (exact) mass is 322 g/mol. The molecule has 1 heterocycles. The van der Waals surface area contributed by atoms with Gasteiger partial charge in [0.2, 0.25) is 0 Å². The number of rotatable bonds is 4. The van der Waals surface area contributed by atoms with Crippen molar-refractivity contribution >= 4 is 11.4 Å². The number of hydrogen-bond donors (Lipinski definition) is 1. The summed E-state index contributed by atoms with van der Waals surface area (Å²) in [5.41, 5.74) is 1.90. The smallest absolute Gasteiger partial charge is 0.293 e. The molecule has 1 aliphatic rings. The Labute approximate surface area is 140 Å². The zero-order valence-corrected chi connectivity index (χ0v) is 13.3. The highest BCUT2D eigenvalue weighted by molar-refractivity contribution is 5.64. The van der Waals surface area contributed by atoms with E-state index in [-0.39, 0.29) is 23.2 Å². The predicted molar refractivity (Wildman–Crippen MR) is 91.9 cm³/mol. The van der Waals surface area contributed by atoms with E-state index in [9.17, 15) is 10.1 Å². The van der Waals surface area contributed by atoms with E-state index in [0.717, 1.165) is 13.1 Å². The molecule has 0 aliphatic carbocycles. The number of nitrogens with zero attached hydrogens (tertiary/aromatic N) is 3. The van der Waals surface area contributed by atoms with Gasteiger partial charge >= 0.3 is 0 Å². The molecule has 0 spiro atoms. The Morgan fingerprint density at radius 1 is 1.25 bits per heavy atom. The molecule has 6 heteroatoms. The second kappa shape index (κ2) is 6.69. The molecule has 1 N–H and O–H groups in total. The van der Waals surface area contributed by atoms with E-state index in [1.807, 2.05) is 31.3 Å². The van der Waals surface area contributed by atoms with E-state index in [0.29, 0.717) is 5.69 Å². The van der Waals surface area contributed by atoms with Crippen molar-refractivity contribution in [1.29, 1.82) is 5.26 Å². The summed E-state index contributed by atoms with van der Waals surface area (Å²) in [5.74, 6) is 0.256. The zero-order chi connectivity index (χ0) is 17.1. The second-order valence-corrected chi connectivity index (χ2v) is 6.09. The van der Waals surface area contributed by atoms with Crippen LogP contribution in [0.4, 0.5) is 11.4 Å². The third-order valence-electron chi connectivity index (χ3n) is 4.39. The van der Waals surface area contributed by atoms with E-state index in [1.165, 1.54) is 11.6 Å². The Hall–Kier alpha value is -2.91. The van der Waals surface area contributed by atoms with Crippen molar-refractivity contribution in [2.75, 3.05) is 25.5 Å². The normalized spacial score (nSPS) is 20.5. The number of likely N-dealkylation sites (tertiary alicyclic amines) is 1. The fourth-order valence-electron chi connectivity index (χ4n) is 3.26. The van der Waals surface area contributed by atoms with Crippen LogP contribution in [0.2, 0.25) is 0 Å². The molecule has 24 heavy (non-hydrogen) atoms. The summed E-state index contributed by atoms with van der Waals surface area (Å²) in [6.07, 6.45) is 0. The Bertz CT molecular complexity index is 785. The van der Waals surface area contributed by atoms with Crippen LogP contribution >= 0.6 is 0 Å². The molecule has 122 valence electrons. The lowest BCUT2D eigenvalue weighted by atomic mass is 9.94. The Morgan fingerprint density at radius 3 is 2.67 bits per heavy atom. The van der Waals surface area contributed by atoms with Crippen LogP contribution in [0.5, 0.6) is 0 Å². The minimum atomic E-state index is -0.445. The molecule has 0 amide bonds. The summed E-state index contributed by atoms with van der Waals surface area (Å²) >= 11 is 0. The van der Waals surface area contributed by atoms with Gasteiger partial charge in [-0.1, -0.05) is 30.3 Å². The number of hydrogen-bond acceptors (Lipinski definition) is 5. The molecule has 1 saturated heterocycles. The van der Waals surface area contributed by atoms with E-state index >= 15 is 0 Å². The van der Waals surface area contributed by atoms with Gasteiger partial charge < -0.3 is 10.2 Å². The molecule has 1 aliphatic heterocycles. The first kappa shape index (κ1) is 16.0. The first-order chi connectivity index (χ1) is 11.6. The Morgan fingerprint density at radius 2 is 2.00 bits per heavy atom. The molecule has 0 aromatic heterocycles. The van der Waals surface area contributed by atoms with Crippen molar-refractivity contribution in [1.82, 2.24) is 4.90 Å². The molecule has 0 unspecified atom stereocenters. The molecule has 0 saturated carbocycles. The first-order valence-corrected chi connectivity index (χ1v) is 7.77. The number of benzene rings is 2. The Balaban J connectivity index is 1.89. The van der Waals surface area contributed by atoms with Gasteiger partial charge in [-0.05, 0) is 24.7 Å². The highest BCUT2D eigenvalue weighted by Gasteiger charge is 2.33. The maximum absolute atomic E-state index is 11.3. The van der Waals surface area contributed by atoms with Gasteiger partial charge in [0.15, 0.2) is 0 Å². The van der Waals surface area contributed by atoms with Gasteiger partial charge in [-0.3, -0.25) is 10.1 Å². The standard InChI is InChI=1S/C18H18N4O2/c1-21-11-15(14-5-3-2-4-6-14)17(12-21)20-16-8-7-13(10-19)9-18(16)22(23)24/h2-9,15,17,20H,11-12H2,1H3/t15-,17-/m1/s1. The van der Waals surface area contributed by atoms with Crippen molar-refractivity contribution in [3.8, 4) is 6.07 Å². The molecule has 2 atom stereocenters. The molecule has 0 bridgehead atoms. The molecule has 0 radical (unpaired) electrons. The van der Waals surface area contributed by atoms with Gasteiger partial charge in [0.25, 0.3) is 5.69 Å². The molecule has 6 nitrogen and oxygen atoms in total. The third-order valence-corrected chi connectivity index (χ3v) is 4.39. The molecule has 1 fully saturated rings. The molecule has 3 rings (SSSR count). The highest BCUT2D eigenvalue weighted by atomic mass is 16.6. The fraction of sp³-hybridized carbons (Fsp3) is 0.278. The lowest BCUT2D eigenvalue weighted by Crippen LogP contribution is -2.27. The van der Waals surface area contributed by atoms with Crippen molar-refractivity contribution in [3.05, 3.63) is 69.8 Å². The van der Waals surface area contributed by atoms with Crippen LogP contribution in [0.1, 0.15) is 17.0 Å². The van der Waals surface area contributed by atoms with Crippen molar-refractivity contribution in [2.24, 2.45) is 0 Å². The van der Waals surface area contributed by atoms with Gasteiger partial charge in [-0.25, -0.2) is 0 Å². The van der Waals surface area contributed by atoms with Crippen LogP contribution in [-0.2, 0) is 0 Å². The highest BCUT2D eigenvalue weighted by Crippen LogP contribution is 2.32. The maximum atomic E-state index is 11.3. The quantitative estimate of drug-likeness (QED) is 0.691. The average molecular weight is 322 g/mol. The lowest BCUT2D eigenvalue weighted by molar-refractivity contribution is -0.384. The van der Waals surface area contributed by atoms with Gasteiger partial charge in [0.05, 0.1) is 16.6 Å². The van der Waals surface area contributed by atoms with Crippen LogP contribution in [0.15, 0.2) is 48.5 Å². The molecular weight excluding hydrogens is 304 g/mol. The van der Waals surface area contributed by atoms with Crippen LogP contribution in [-0.4, -0.2) is 36.0 Å². The van der Waals surface area contributed by atoms with Gasteiger partial charge in [-0.15, -0.1) is 0 Å². The molecular formula is C18H18N4O2. The largest absolute Gasteiger partial charge is 0.375 e. The summed E-state index contributed by atoms with van der Waals surface area (Å²) in [4.78, 5) is 13.1. The zero-order valence-electron chi connectivity index (χ0n) is 13.3. The lowest BCUT2D eigenvalue weighted by Gasteiger charge is -2.21. The number of likely N-dealkylation sites (N-methyl/N-ethyl adjacent to an activating group) is 1. The average Bonchev–Trinajstić information content (AvgIpc) is 2.96.